The molecule has 2 fully saturated rings. The van der Waals surface area contributed by atoms with E-state index in [1.54, 1.807) is 37.6 Å². The van der Waals surface area contributed by atoms with Crippen molar-refractivity contribution < 1.29 is 90.5 Å². The monoisotopic (exact) mass is 1270 g/mol. The number of amides is 5. The second-order valence-corrected chi connectivity index (χ2v) is 24.0. The Balaban J connectivity index is 1.46. The number of nitrogen functional groups attached to an aromatic ring is 1. The Kier molecular flexibility index (Phi) is 29.7. The maximum absolute atomic E-state index is 14.6. The molecule has 2 heterocycles. The molecule has 26 heteroatoms. The number of nitrogens with one attached hydrogen (secondary N) is 2. The Morgan fingerprint density at radius 3 is 1.92 bits per heavy atom. The zero-order valence-electron chi connectivity index (χ0n) is 55.7. The highest BCUT2D eigenvalue weighted by molar-refractivity contribution is 5.90. The van der Waals surface area contributed by atoms with Gasteiger partial charge < -0.3 is 73.5 Å². The third-order valence-electron chi connectivity index (χ3n) is 16.5. The molecule has 0 aliphatic carbocycles. The number of nitrogens with two attached hydrogens (primary N) is 1. The van der Waals surface area contributed by atoms with Gasteiger partial charge in [0.25, 0.3) is 0 Å². The highest BCUT2D eigenvalue weighted by atomic mass is 16.7. The predicted octanol–water partition coefficient (Wildman–Crippen LogP) is 5.17. The molecule has 4 rings (SSSR count). The van der Waals surface area contributed by atoms with Crippen LogP contribution in [0.1, 0.15) is 126 Å². The normalized spacial score (nSPS) is 21.3. The second kappa shape index (κ2) is 35.5. The van der Waals surface area contributed by atoms with E-state index in [0.717, 1.165) is 27.9 Å². The van der Waals surface area contributed by atoms with Gasteiger partial charge in [0.05, 0.1) is 61.5 Å². The smallest absolute Gasteiger partial charge is 0.411 e. The molecular formula is C64H99N7O19. The van der Waals surface area contributed by atoms with Crippen LogP contribution in [0.3, 0.4) is 0 Å². The summed E-state index contributed by atoms with van der Waals surface area (Å²) in [6.07, 6.45) is -9.21. The van der Waals surface area contributed by atoms with Crippen LogP contribution >= 0.6 is 0 Å². The standard InChI is InChI=1S/C64H99N7O19/c1-19-37(7)52(69(15)61(78)50(35(3)4)67-60(77)51(36(5)6)68(13)14)48(81-16)32-49(75)71-30-24-27-46(71)53(82-17)38(8)59(76)66-39(9)54(44-25-22-21-23-26-44)85-34-70(20-2)64(80)84-33-43-28-29-47(45(65)31-43)89-63-58(88-42(12)74)56(87-41(11)73)55(86-40(10)72)57(90-63)62(79)83-18/h21-23,25-26,28-29,31,35-39,46,48,50-58,63H,19-20,24,27,30,32-34,65H2,1-18H3,(H,66,76)(H,67,77)/t37-,38+,39+,46-,48+,50-,51-,52-,53+,54+,55+,56+,57+,58-,63-/m0/s1. The molecule has 0 unspecified atom stereocenters. The minimum Gasteiger partial charge on any atom is -0.467 e. The quantitative estimate of drug-likeness (QED) is 0.0368. The number of esters is 4. The fourth-order valence-electron chi connectivity index (χ4n) is 11.8. The summed E-state index contributed by atoms with van der Waals surface area (Å²) >= 11 is 0. The summed E-state index contributed by atoms with van der Waals surface area (Å²) < 4.78 is 57.3. The first-order valence-electron chi connectivity index (χ1n) is 30.7. The van der Waals surface area contributed by atoms with Crippen molar-refractivity contribution in [1.82, 2.24) is 30.2 Å². The van der Waals surface area contributed by atoms with Crippen LogP contribution in [0, 0.1) is 23.7 Å². The summed E-state index contributed by atoms with van der Waals surface area (Å²) in [6, 6.07) is 10.6. The summed E-state index contributed by atoms with van der Waals surface area (Å²) in [4.78, 5) is 127. The summed E-state index contributed by atoms with van der Waals surface area (Å²) in [5.74, 6) is -5.82. The number of benzene rings is 2. The third-order valence-corrected chi connectivity index (χ3v) is 16.5. The topological polar surface area (TPSA) is 309 Å². The Hall–Kier alpha value is -7.13. The Morgan fingerprint density at radius 2 is 1.39 bits per heavy atom. The van der Waals surface area contributed by atoms with E-state index in [0.29, 0.717) is 36.9 Å². The summed E-state index contributed by atoms with van der Waals surface area (Å²) in [7, 11) is 9.49. The van der Waals surface area contributed by atoms with Crippen LogP contribution in [0.25, 0.3) is 0 Å². The Morgan fingerprint density at radius 1 is 0.767 bits per heavy atom. The molecule has 0 aromatic heterocycles. The number of hydrogen-bond acceptors (Lipinski definition) is 21. The SMILES string of the molecule is CC[C@H](C)[C@@H]([C@@H](CC(=O)N1CCC[C@H]1[C@H](OC)[C@@H](C)C(=O)N[C@H](C)[C@@H](OCN(CC)C(=O)OCc1ccc(O[C@H]2O[C@@H](C(=O)OC)[C@H](OC(C)=O)[C@@H](OC(C)=O)[C@@H]2OC(C)=O)c(N)c1)c1ccccc1)OC)N(C)C(=O)[C@@H](NC(=O)[C@H](C(C)C)N(C)C)C(C)C. The van der Waals surface area contributed by atoms with Gasteiger partial charge in [-0.2, -0.15) is 0 Å². The number of nitrogens with zero attached hydrogens (tertiary/aromatic N) is 4. The third kappa shape index (κ3) is 20.2. The van der Waals surface area contributed by atoms with E-state index in [9.17, 15) is 43.2 Å². The predicted molar refractivity (Wildman–Crippen MR) is 329 cm³/mol. The number of carbonyl (C=O) groups excluding carboxylic acids is 9. The molecule has 2 aromatic carbocycles. The van der Waals surface area contributed by atoms with Gasteiger partial charge in [-0.05, 0) is 81.8 Å². The molecule has 504 valence electrons. The van der Waals surface area contributed by atoms with E-state index in [1.807, 2.05) is 90.9 Å². The Bertz CT molecular complexity index is 2710. The zero-order chi connectivity index (χ0) is 67.4. The van der Waals surface area contributed by atoms with E-state index in [-0.39, 0.29) is 79.1 Å². The van der Waals surface area contributed by atoms with Gasteiger partial charge in [-0.1, -0.05) is 91.3 Å². The number of ether oxygens (including phenoxy) is 10. The summed E-state index contributed by atoms with van der Waals surface area (Å²) in [5, 5.41) is 6.16. The van der Waals surface area contributed by atoms with Gasteiger partial charge in [-0.15, -0.1) is 0 Å². The van der Waals surface area contributed by atoms with Gasteiger partial charge in [0.1, 0.15) is 31.2 Å². The van der Waals surface area contributed by atoms with Crippen LogP contribution < -0.4 is 21.1 Å². The number of carbonyl (C=O) groups is 9. The summed E-state index contributed by atoms with van der Waals surface area (Å²) in [5.41, 5.74) is 7.54. The van der Waals surface area contributed by atoms with Crippen molar-refractivity contribution in [3.63, 3.8) is 0 Å². The van der Waals surface area contributed by atoms with Crippen molar-refractivity contribution in [1.29, 1.82) is 0 Å². The van der Waals surface area contributed by atoms with Gasteiger partial charge >= 0.3 is 30.0 Å². The largest absolute Gasteiger partial charge is 0.467 e. The highest BCUT2D eigenvalue weighted by Gasteiger charge is 2.56. The number of anilines is 1. The molecule has 0 radical (unpaired) electrons. The van der Waals surface area contributed by atoms with Gasteiger partial charge in [-0.25, -0.2) is 9.59 Å². The number of hydrogen-bond donors (Lipinski definition) is 3. The van der Waals surface area contributed by atoms with E-state index in [1.165, 1.54) is 37.3 Å². The number of likely N-dealkylation sites (tertiary alicyclic amines) is 1. The molecule has 5 amide bonds. The lowest BCUT2D eigenvalue weighted by Crippen LogP contribution is -2.64. The van der Waals surface area contributed by atoms with Crippen molar-refractivity contribution in [3.8, 4) is 5.75 Å². The molecule has 2 aliphatic heterocycles. The van der Waals surface area contributed by atoms with Crippen molar-refractivity contribution >= 4 is 59.3 Å². The fourth-order valence-corrected chi connectivity index (χ4v) is 11.8. The average molecular weight is 1270 g/mol. The van der Waals surface area contributed by atoms with Crippen LogP contribution in [0.15, 0.2) is 48.5 Å². The van der Waals surface area contributed by atoms with Crippen molar-refractivity contribution in [2.75, 3.05) is 68.0 Å². The molecule has 2 saturated heterocycles. The molecule has 90 heavy (non-hydrogen) atoms. The average Bonchev–Trinajstić information content (AvgIpc) is 1.08. The number of methoxy groups -OCH3 is 3. The summed E-state index contributed by atoms with van der Waals surface area (Å²) in [6.45, 7) is 20.3. The first-order valence-corrected chi connectivity index (χ1v) is 30.7. The maximum Gasteiger partial charge on any atom is 0.411 e. The van der Waals surface area contributed by atoms with Gasteiger partial charge in [0.15, 0.2) is 18.3 Å². The second-order valence-electron chi connectivity index (χ2n) is 24.0. The highest BCUT2D eigenvalue weighted by Crippen LogP contribution is 2.35. The molecule has 4 N–H and O–H groups in total. The molecule has 0 spiro atoms. The van der Waals surface area contributed by atoms with Crippen LogP contribution in [0.2, 0.25) is 0 Å². The van der Waals surface area contributed by atoms with Crippen LogP contribution in [-0.2, 0) is 87.6 Å². The van der Waals surface area contributed by atoms with Crippen molar-refractivity contribution in [3.05, 3.63) is 59.7 Å². The van der Waals surface area contributed by atoms with Crippen LogP contribution in [0.4, 0.5) is 10.5 Å². The number of likely N-dealkylation sites (N-methyl/N-ethyl adjacent to an activating group) is 2. The lowest BCUT2D eigenvalue weighted by atomic mass is 9.89. The van der Waals surface area contributed by atoms with Crippen molar-refractivity contribution in [2.45, 2.75) is 195 Å². The van der Waals surface area contributed by atoms with Gasteiger partial charge in [-0.3, -0.25) is 43.4 Å². The van der Waals surface area contributed by atoms with E-state index in [2.05, 4.69) is 10.6 Å². The number of rotatable bonds is 32. The molecule has 15 atom stereocenters. The zero-order valence-corrected chi connectivity index (χ0v) is 55.7. The van der Waals surface area contributed by atoms with Gasteiger partial charge in [0.2, 0.25) is 36.0 Å². The van der Waals surface area contributed by atoms with Crippen molar-refractivity contribution in [2.24, 2.45) is 23.7 Å². The fraction of sp³-hybridized carbons (Fsp3) is 0.672. The van der Waals surface area contributed by atoms with Crippen LogP contribution in [-0.4, -0.2) is 209 Å². The minimum atomic E-state index is -1.70. The minimum absolute atomic E-state index is 0.00244. The maximum atomic E-state index is 14.6. The lowest BCUT2D eigenvalue weighted by molar-refractivity contribution is -0.282. The van der Waals surface area contributed by atoms with Crippen LogP contribution in [0.5, 0.6) is 5.75 Å². The lowest BCUT2D eigenvalue weighted by Gasteiger charge is -2.43. The van der Waals surface area contributed by atoms with E-state index in [4.69, 9.17) is 53.1 Å². The Labute approximate surface area is 530 Å². The molecule has 2 aromatic rings. The molecule has 0 saturated carbocycles. The van der Waals surface area contributed by atoms with E-state index >= 15 is 0 Å². The molecule has 0 bridgehead atoms. The molecule has 26 nitrogen and oxygen atoms in total. The molecular weight excluding hydrogens is 1170 g/mol. The van der Waals surface area contributed by atoms with Gasteiger partial charge in [0, 0.05) is 55.1 Å². The first-order chi connectivity index (χ1) is 42.5. The van der Waals surface area contributed by atoms with E-state index < -0.39 is 115 Å². The first kappa shape index (κ1) is 75.3. The molecule has 2 aliphatic rings.